The second-order valence-corrected chi connectivity index (χ2v) is 9.56. The molecule has 10 nitrogen and oxygen atoms in total. The summed E-state index contributed by atoms with van der Waals surface area (Å²) in [6.07, 6.45) is 1.91. The third-order valence-electron chi connectivity index (χ3n) is 5.54. The van der Waals surface area contributed by atoms with E-state index in [-0.39, 0.29) is 16.5 Å². The number of amidine groups is 1. The third-order valence-corrected chi connectivity index (χ3v) is 6.94. The van der Waals surface area contributed by atoms with E-state index < -0.39 is 27.9 Å². The van der Waals surface area contributed by atoms with Crippen LogP contribution in [0.1, 0.15) is 61.9 Å². The lowest BCUT2D eigenvalue weighted by Crippen LogP contribution is -2.46. The number of aliphatic imine (C=N–C) groups is 1. The summed E-state index contributed by atoms with van der Waals surface area (Å²) in [6, 6.07) is 8.84. The second-order valence-electron chi connectivity index (χ2n) is 7.91. The molecule has 34 heavy (non-hydrogen) atoms. The molecule has 0 spiro atoms. The molecule has 2 aromatic rings. The number of nitrogens with zero attached hydrogens (tertiary/aromatic N) is 2. The zero-order chi connectivity index (χ0) is 24.7. The Kier molecular flexibility index (Phi) is 8.46. The minimum absolute atomic E-state index is 0.0800. The number of nitrogens with one attached hydrogen (secondary N) is 3. The van der Waals surface area contributed by atoms with Crippen LogP contribution in [0.3, 0.4) is 0 Å². The van der Waals surface area contributed by atoms with E-state index in [0.717, 1.165) is 19.5 Å². The number of carbonyl (C=O) groups is 2. The van der Waals surface area contributed by atoms with Gasteiger partial charge in [0.25, 0.3) is 15.9 Å². The highest BCUT2D eigenvalue weighted by atomic mass is 32.2. The summed E-state index contributed by atoms with van der Waals surface area (Å²) in [5, 5.41) is 0. The number of fused-ring (bicyclic) bond motifs is 1. The summed E-state index contributed by atoms with van der Waals surface area (Å²) < 4.78 is 32.7. The summed E-state index contributed by atoms with van der Waals surface area (Å²) in [5.41, 5.74) is 5.16. The first kappa shape index (κ1) is 25.4. The van der Waals surface area contributed by atoms with E-state index >= 15 is 0 Å². The van der Waals surface area contributed by atoms with Gasteiger partial charge in [-0.1, -0.05) is 45.7 Å². The molecule has 0 aliphatic carbocycles. The number of unbranched alkanes of at least 4 members (excludes halogenated alkanes) is 1. The van der Waals surface area contributed by atoms with Crippen molar-refractivity contribution in [1.82, 2.24) is 20.5 Å². The van der Waals surface area contributed by atoms with Gasteiger partial charge in [0, 0.05) is 5.56 Å². The number of carbonyl (C=O) groups excluding carboxylic acids is 2. The number of benzene rings is 1. The standard InChI is InChI=1S/C23H31N5O5S/c1-4-7-11-18(24-21-17-10-8-9-12-20(17)34(31,32)27-21)22(29)25-26-23(30)19-14-13-16(33-19)15-28(5-2)6-3/h8-10,12-14,18H,4-7,11,15H2,1-3H3,(H,24,27)(H,25,29)(H,26,30). The summed E-state index contributed by atoms with van der Waals surface area (Å²) >= 11 is 0. The molecule has 1 aliphatic rings. The minimum atomic E-state index is -3.72. The zero-order valence-corrected chi connectivity index (χ0v) is 20.4. The fraction of sp³-hybridized carbons (Fsp3) is 0.435. The maximum atomic E-state index is 12.8. The Morgan fingerprint density at radius 2 is 1.82 bits per heavy atom. The van der Waals surface area contributed by atoms with Gasteiger partial charge in [0.15, 0.2) is 5.76 Å². The quantitative estimate of drug-likeness (QED) is 0.438. The number of hydrogen-bond donors (Lipinski definition) is 3. The van der Waals surface area contributed by atoms with Crippen LogP contribution >= 0.6 is 0 Å². The van der Waals surface area contributed by atoms with Gasteiger partial charge >= 0.3 is 5.91 Å². The Bertz CT molecular complexity index is 1150. The molecule has 1 atom stereocenters. The third kappa shape index (κ3) is 6.03. The molecular formula is C23H31N5O5S. The lowest BCUT2D eigenvalue weighted by molar-refractivity contribution is -0.123. The van der Waals surface area contributed by atoms with Gasteiger partial charge in [-0.05, 0) is 43.8 Å². The molecule has 11 heteroatoms. The maximum Gasteiger partial charge on any atom is 0.305 e. The lowest BCUT2D eigenvalue weighted by Gasteiger charge is -2.15. The Balaban J connectivity index is 1.68. The molecule has 0 saturated carbocycles. The predicted molar refractivity (Wildman–Crippen MR) is 128 cm³/mol. The highest BCUT2D eigenvalue weighted by molar-refractivity contribution is 7.90. The molecule has 0 saturated heterocycles. The van der Waals surface area contributed by atoms with Gasteiger partial charge in [-0.25, -0.2) is 8.42 Å². The van der Waals surface area contributed by atoms with Crippen molar-refractivity contribution >= 4 is 27.7 Å². The van der Waals surface area contributed by atoms with E-state index in [0.29, 0.717) is 30.7 Å². The van der Waals surface area contributed by atoms with Crippen LogP contribution in [0.4, 0.5) is 0 Å². The lowest BCUT2D eigenvalue weighted by atomic mass is 10.1. The molecule has 0 fully saturated rings. The molecule has 2 heterocycles. The fourth-order valence-corrected chi connectivity index (χ4v) is 4.79. The molecule has 1 unspecified atom stereocenters. The summed E-state index contributed by atoms with van der Waals surface area (Å²) in [5.74, 6) is -0.290. The van der Waals surface area contributed by atoms with Crippen molar-refractivity contribution in [3.63, 3.8) is 0 Å². The van der Waals surface area contributed by atoms with Crippen molar-refractivity contribution in [2.75, 3.05) is 13.1 Å². The summed E-state index contributed by atoms with van der Waals surface area (Å²) in [4.78, 5) is 31.9. The van der Waals surface area contributed by atoms with Crippen molar-refractivity contribution in [3.8, 4) is 0 Å². The maximum absolute atomic E-state index is 12.8. The molecule has 0 bridgehead atoms. The number of sulfonamides is 1. The zero-order valence-electron chi connectivity index (χ0n) is 19.6. The number of hydrazine groups is 1. The van der Waals surface area contributed by atoms with Crippen molar-refractivity contribution in [2.45, 2.75) is 57.5 Å². The van der Waals surface area contributed by atoms with Crippen LogP contribution < -0.4 is 15.6 Å². The molecule has 1 aliphatic heterocycles. The van der Waals surface area contributed by atoms with Gasteiger partial charge in [0.2, 0.25) is 0 Å². The first-order chi connectivity index (χ1) is 16.3. The van der Waals surface area contributed by atoms with Crippen LogP contribution in [-0.4, -0.2) is 50.1 Å². The van der Waals surface area contributed by atoms with Crippen LogP contribution in [0, 0.1) is 0 Å². The van der Waals surface area contributed by atoms with Gasteiger partial charge in [0.05, 0.1) is 11.4 Å². The van der Waals surface area contributed by atoms with E-state index in [9.17, 15) is 18.0 Å². The smallest absolute Gasteiger partial charge is 0.305 e. The Labute approximate surface area is 199 Å². The number of furan rings is 1. The normalized spacial score (nSPS) is 16.2. The molecule has 184 valence electrons. The molecule has 3 rings (SSSR count). The number of hydrogen-bond acceptors (Lipinski definition) is 7. The first-order valence-electron chi connectivity index (χ1n) is 11.4. The van der Waals surface area contributed by atoms with E-state index in [1.165, 1.54) is 6.07 Å². The van der Waals surface area contributed by atoms with Crippen molar-refractivity contribution < 1.29 is 22.4 Å². The largest absolute Gasteiger partial charge is 0.454 e. The molecular weight excluding hydrogens is 458 g/mol. The molecule has 1 aromatic carbocycles. The van der Waals surface area contributed by atoms with Crippen LogP contribution in [-0.2, 0) is 21.4 Å². The Morgan fingerprint density at radius 1 is 1.09 bits per heavy atom. The molecule has 3 N–H and O–H groups in total. The predicted octanol–water partition coefficient (Wildman–Crippen LogP) is 2.18. The van der Waals surface area contributed by atoms with E-state index in [4.69, 9.17) is 4.42 Å². The van der Waals surface area contributed by atoms with Gasteiger partial charge in [0.1, 0.15) is 17.6 Å². The summed E-state index contributed by atoms with van der Waals surface area (Å²) in [7, 11) is -3.72. The summed E-state index contributed by atoms with van der Waals surface area (Å²) in [6.45, 7) is 8.37. The van der Waals surface area contributed by atoms with E-state index in [2.05, 4.69) is 25.5 Å². The van der Waals surface area contributed by atoms with Gasteiger partial charge in [-0.3, -0.25) is 35.1 Å². The van der Waals surface area contributed by atoms with Crippen molar-refractivity contribution in [2.24, 2.45) is 4.99 Å². The van der Waals surface area contributed by atoms with E-state index in [1.54, 1.807) is 30.3 Å². The monoisotopic (exact) mass is 489 g/mol. The van der Waals surface area contributed by atoms with Crippen LogP contribution in [0.2, 0.25) is 0 Å². The topological polar surface area (TPSA) is 133 Å². The van der Waals surface area contributed by atoms with Crippen LogP contribution in [0.25, 0.3) is 0 Å². The van der Waals surface area contributed by atoms with Gasteiger partial charge in [-0.15, -0.1) is 0 Å². The highest BCUT2D eigenvalue weighted by Gasteiger charge is 2.32. The average Bonchev–Trinajstić information content (AvgIpc) is 3.40. The SMILES string of the molecule is CCCCC(N=C1NS(=O)(=O)c2ccccc21)C(=O)NNC(=O)c1ccc(CN(CC)CC)o1. The minimum Gasteiger partial charge on any atom is -0.454 e. The number of amides is 2. The number of rotatable bonds is 10. The first-order valence-corrected chi connectivity index (χ1v) is 12.9. The van der Waals surface area contributed by atoms with E-state index in [1.807, 2.05) is 20.8 Å². The van der Waals surface area contributed by atoms with Gasteiger partial charge in [-0.2, -0.15) is 0 Å². The Morgan fingerprint density at radius 3 is 2.53 bits per heavy atom. The van der Waals surface area contributed by atoms with Crippen molar-refractivity contribution in [3.05, 3.63) is 53.5 Å². The molecule has 2 amide bonds. The van der Waals surface area contributed by atoms with Crippen LogP contribution in [0.15, 0.2) is 50.7 Å². The fourth-order valence-electron chi connectivity index (χ4n) is 3.55. The van der Waals surface area contributed by atoms with Crippen molar-refractivity contribution in [1.29, 1.82) is 0 Å². The second kappa shape index (κ2) is 11.3. The molecule has 1 aromatic heterocycles. The molecule has 0 radical (unpaired) electrons. The van der Waals surface area contributed by atoms with Gasteiger partial charge < -0.3 is 4.42 Å². The Hall–Kier alpha value is -3.18. The highest BCUT2D eigenvalue weighted by Crippen LogP contribution is 2.23. The average molecular weight is 490 g/mol. The van der Waals surface area contributed by atoms with Crippen LogP contribution in [0.5, 0.6) is 0 Å².